The lowest BCUT2D eigenvalue weighted by atomic mass is 10.1. The van der Waals surface area contributed by atoms with Crippen LogP contribution in [0.4, 0.5) is 4.39 Å². The summed E-state index contributed by atoms with van der Waals surface area (Å²) in [6.45, 7) is 6.72. The first-order valence-corrected chi connectivity index (χ1v) is 11.9. The molecule has 7 heteroatoms. The predicted octanol–water partition coefficient (Wildman–Crippen LogP) is 3.93. The highest BCUT2D eigenvalue weighted by Crippen LogP contribution is 2.19. The Morgan fingerprint density at radius 2 is 1.76 bits per heavy atom. The monoisotopic (exact) mass is 467 g/mol. The van der Waals surface area contributed by atoms with E-state index in [2.05, 4.69) is 4.90 Å². The van der Waals surface area contributed by atoms with E-state index in [4.69, 9.17) is 4.74 Å². The highest BCUT2D eigenvalue weighted by atomic mass is 19.1. The van der Waals surface area contributed by atoms with Gasteiger partial charge in [0.25, 0.3) is 5.91 Å². The van der Waals surface area contributed by atoms with Gasteiger partial charge in [0.05, 0.1) is 7.11 Å². The van der Waals surface area contributed by atoms with Gasteiger partial charge in [0.2, 0.25) is 5.91 Å². The third-order valence-electron chi connectivity index (χ3n) is 6.02. The number of carbonyl (C=O) groups excluding carboxylic acids is 2. The highest BCUT2D eigenvalue weighted by molar-refractivity contribution is 5.94. The molecule has 0 bridgehead atoms. The Bertz CT molecular complexity index is 969. The smallest absolute Gasteiger partial charge is 0.254 e. The highest BCUT2D eigenvalue weighted by Gasteiger charge is 2.22. The maximum Gasteiger partial charge on any atom is 0.254 e. The Labute approximate surface area is 201 Å². The number of para-hydroxylation sites is 1. The Morgan fingerprint density at radius 1 is 1.06 bits per heavy atom. The van der Waals surface area contributed by atoms with Crippen LogP contribution in [0.1, 0.15) is 35.7 Å². The number of carbonyl (C=O) groups is 2. The van der Waals surface area contributed by atoms with Gasteiger partial charge in [0, 0.05) is 63.4 Å². The van der Waals surface area contributed by atoms with Gasteiger partial charge in [0.15, 0.2) is 0 Å². The molecule has 1 aliphatic heterocycles. The molecule has 0 aliphatic carbocycles. The maximum absolute atomic E-state index is 13.4. The summed E-state index contributed by atoms with van der Waals surface area (Å²) in [5, 5.41) is 0. The molecule has 0 atom stereocenters. The second-order valence-corrected chi connectivity index (χ2v) is 8.37. The minimum absolute atomic E-state index is 0.138. The van der Waals surface area contributed by atoms with Crippen molar-refractivity contribution in [2.24, 2.45) is 0 Å². The molecule has 3 rings (SSSR count). The number of methoxy groups -OCH3 is 1. The van der Waals surface area contributed by atoms with Crippen LogP contribution in [-0.4, -0.2) is 79.4 Å². The van der Waals surface area contributed by atoms with Crippen molar-refractivity contribution in [1.29, 1.82) is 0 Å². The molecule has 0 unspecified atom stereocenters. The second-order valence-electron chi connectivity index (χ2n) is 8.37. The molecule has 0 spiro atoms. The summed E-state index contributed by atoms with van der Waals surface area (Å²) < 4.78 is 18.8. The zero-order valence-corrected chi connectivity index (χ0v) is 20.1. The average Bonchev–Trinajstić information content (AvgIpc) is 2.87. The van der Waals surface area contributed by atoms with Crippen molar-refractivity contribution in [2.75, 3.05) is 52.9 Å². The van der Waals surface area contributed by atoms with E-state index in [0.717, 1.165) is 43.9 Å². The molecule has 1 heterocycles. The van der Waals surface area contributed by atoms with Crippen molar-refractivity contribution >= 4 is 17.9 Å². The van der Waals surface area contributed by atoms with E-state index < -0.39 is 0 Å². The molecular formula is C27H34FN3O3. The summed E-state index contributed by atoms with van der Waals surface area (Å²) >= 11 is 0. The van der Waals surface area contributed by atoms with Gasteiger partial charge in [-0.3, -0.25) is 14.5 Å². The SMILES string of the molecule is CCCC(=O)N1CCN(CCN(C/C=C/c2ccccc2OC)C(=O)c2ccc(F)cc2)CC1. The summed E-state index contributed by atoms with van der Waals surface area (Å²) in [6, 6.07) is 13.4. The first kappa shape index (κ1) is 25.4. The summed E-state index contributed by atoms with van der Waals surface area (Å²) in [6.07, 6.45) is 5.35. The number of ether oxygens (including phenoxy) is 1. The zero-order valence-electron chi connectivity index (χ0n) is 20.1. The molecule has 6 nitrogen and oxygen atoms in total. The Hall–Kier alpha value is -3.19. The molecule has 2 amide bonds. The van der Waals surface area contributed by atoms with Crippen LogP contribution in [0.2, 0.25) is 0 Å². The van der Waals surface area contributed by atoms with E-state index >= 15 is 0 Å². The van der Waals surface area contributed by atoms with Crippen molar-refractivity contribution in [3.05, 3.63) is 71.6 Å². The van der Waals surface area contributed by atoms with Gasteiger partial charge in [-0.1, -0.05) is 37.3 Å². The fourth-order valence-electron chi connectivity index (χ4n) is 4.02. The quantitative estimate of drug-likeness (QED) is 0.531. The van der Waals surface area contributed by atoms with Crippen LogP contribution < -0.4 is 4.74 Å². The van der Waals surface area contributed by atoms with Crippen LogP contribution in [0.25, 0.3) is 6.08 Å². The van der Waals surface area contributed by atoms with Crippen LogP contribution in [-0.2, 0) is 4.79 Å². The molecule has 2 aromatic rings. The largest absolute Gasteiger partial charge is 0.496 e. The third-order valence-corrected chi connectivity index (χ3v) is 6.02. The number of hydrogen-bond acceptors (Lipinski definition) is 4. The standard InChI is InChI=1S/C27H34FN3O3/c1-3-7-26(32)30-19-16-29(17-20-30)18-21-31(27(33)23-11-13-24(28)14-12-23)15-6-9-22-8-4-5-10-25(22)34-2/h4-6,8-14H,3,7,15-21H2,1-2H3/b9-6+. The second kappa shape index (κ2) is 12.9. The molecule has 0 N–H and O–H groups in total. The molecular weight excluding hydrogens is 433 g/mol. The minimum Gasteiger partial charge on any atom is -0.496 e. The molecule has 1 fully saturated rings. The number of nitrogens with zero attached hydrogens (tertiary/aromatic N) is 3. The number of rotatable bonds is 10. The zero-order chi connectivity index (χ0) is 24.3. The summed E-state index contributed by atoms with van der Waals surface area (Å²) in [4.78, 5) is 31.3. The third kappa shape index (κ3) is 7.15. The molecule has 0 radical (unpaired) electrons. The van der Waals surface area contributed by atoms with Crippen LogP contribution in [0, 0.1) is 5.82 Å². The number of halogens is 1. The van der Waals surface area contributed by atoms with Gasteiger partial charge in [-0.2, -0.15) is 0 Å². The molecule has 0 saturated carbocycles. The van der Waals surface area contributed by atoms with Crippen molar-refractivity contribution in [2.45, 2.75) is 19.8 Å². The van der Waals surface area contributed by atoms with Gasteiger partial charge in [-0.05, 0) is 36.8 Å². The predicted molar refractivity (Wildman–Crippen MR) is 132 cm³/mol. The van der Waals surface area contributed by atoms with Gasteiger partial charge < -0.3 is 14.5 Å². The summed E-state index contributed by atoms with van der Waals surface area (Å²) in [5.74, 6) is 0.485. The van der Waals surface area contributed by atoms with E-state index in [1.807, 2.05) is 48.2 Å². The fraction of sp³-hybridized carbons (Fsp3) is 0.407. The fourth-order valence-corrected chi connectivity index (χ4v) is 4.02. The lowest BCUT2D eigenvalue weighted by Gasteiger charge is -2.35. The van der Waals surface area contributed by atoms with E-state index in [-0.39, 0.29) is 17.6 Å². The lowest BCUT2D eigenvalue weighted by molar-refractivity contribution is -0.132. The van der Waals surface area contributed by atoms with E-state index in [0.29, 0.717) is 31.6 Å². The molecule has 1 saturated heterocycles. The van der Waals surface area contributed by atoms with Crippen LogP contribution in [0.3, 0.4) is 0 Å². The van der Waals surface area contributed by atoms with E-state index in [1.54, 1.807) is 12.0 Å². The minimum atomic E-state index is -0.366. The summed E-state index contributed by atoms with van der Waals surface area (Å²) in [7, 11) is 1.63. The van der Waals surface area contributed by atoms with Gasteiger partial charge in [0.1, 0.15) is 11.6 Å². The Balaban J connectivity index is 1.63. The van der Waals surface area contributed by atoms with E-state index in [1.165, 1.54) is 24.3 Å². The maximum atomic E-state index is 13.4. The van der Waals surface area contributed by atoms with Gasteiger partial charge in [-0.25, -0.2) is 4.39 Å². The first-order chi connectivity index (χ1) is 16.5. The van der Waals surface area contributed by atoms with Crippen molar-refractivity contribution in [1.82, 2.24) is 14.7 Å². The normalized spacial score (nSPS) is 14.4. The van der Waals surface area contributed by atoms with Crippen molar-refractivity contribution in [3.8, 4) is 5.75 Å². The van der Waals surface area contributed by atoms with Gasteiger partial charge >= 0.3 is 0 Å². The number of hydrogen-bond donors (Lipinski definition) is 0. The molecule has 182 valence electrons. The Kier molecular flexibility index (Phi) is 9.64. The number of piperazine rings is 1. The van der Waals surface area contributed by atoms with Crippen molar-refractivity contribution < 1.29 is 18.7 Å². The lowest BCUT2D eigenvalue weighted by Crippen LogP contribution is -2.50. The van der Waals surface area contributed by atoms with Crippen LogP contribution >= 0.6 is 0 Å². The molecule has 0 aromatic heterocycles. The number of benzene rings is 2. The molecule has 1 aliphatic rings. The average molecular weight is 468 g/mol. The van der Waals surface area contributed by atoms with Crippen LogP contribution in [0.5, 0.6) is 5.75 Å². The first-order valence-electron chi connectivity index (χ1n) is 11.9. The Morgan fingerprint density at radius 3 is 2.44 bits per heavy atom. The van der Waals surface area contributed by atoms with Gasteiger partial charge in [-0.15, -0.1) is 0 Å². The molecule has 34 heavy (non-hydrogen) atoms. The topological polar surface area (TPSA) is 53.1 Å². The summed E-state index contributed by atoms with van der Waals surface area (Å²) in [5.41, 5.74) is 1.40. The van der Waals surface area contributed by atoms with Crippen LogP contribution in [0.15, 0.2) is 54.6 Å². The van der Waals surface area contributed by atoms with Crippen molar-refractivity contribution in [3.63, 3.8) is 0 Å². The van der Waals surface area contributed by atoms with E-state index in [9.17, 15) is 14.0 Å². The number of amides is 2. The molecule has 2 aromatic carbocycles.